The number of ether oxygens (including phenoxy) is 2. The Kier molecular flexibility index (Phi) is 4.27. The number of methoxy groups -OCH3 is 2. The summed E-state index contributed by atoms with van der Waals surface area (Å²) in [6.07, 6.45) is 0. The van der Waals surface area contributed by atoms with Crippen molar-refractivity contribution in [2.75, 3.05) is 19.5 Å². The molecule has 2 aromatic rings. The number of rotatable bonds is 5. The van der Waals surface area contributed by atoms with Crippen LogP contribution < -0.4 is 14.8 Å². The second kappa shape index (κ2) is 6.13. The number of anilines is 2. The Morgan fingerprint density at radius 3 is 2.52 bits per heavy atom. The van der Waals surface area contributed by atoms with E-state index in [0.717, 1.165) is 0 Å². The van der Waals surface area contributed by atoms with Gasteiger partial charge in [-0.05, 0) is 31.2 Å². The van der Waals surface area contributed by atoms with Crippen molar-refractivity contribution in [2.45, 2.75) is 6.92 Å². The summed E-state index contributed by atoms with van der Waals surface area (Å²) in [7, 11) is 3.15. The fourth-order valence-corrected chi connectivity index (χ4v) is 1.91. The first-order chi connectivity index (χ1) is 10.0. The van der Waals surface area contributed by atoms with Gasteiger partial charge in [-0.1, -0.05) is 0 Å². The Bertz CT molecular complexity index is 671. The Balaban J connectivity index is 2.33. The van der Waals surface area contributed by atoms with E-state index < -0.39 is 5.97 Å². The smallest absolute Gasteiger partial charge is 0.337 e. The number of carboxylic acid groups (broad SMARTS) is 1. The highest BCUT2D eigenvalue weighted by atomic mass is 16.5. The molecule has 0 saturated carbocycles. The zero-order valence-corrected chi connectivity index (χ0v) is 12.0. The standard InChI is InChI=1S/C15H16N2O4/c1-9-11(15(18)19)5-7-14(16-9)17-12-8-10(20-2)4-6-13(12)21-3/h4-8H,1-3H3,(H,16,17)(H,18,19). The normalized spacial score (nSPS) is 10.0. The van der Waals surface area contributed by atoms with Crippen LogP contribution in [0.3, 0.4) is 0 Å². The van der Waals surface area contributed by atoms with E-state index >= 15 is 0 Å². The van der Waals surface area contributed by atoms with Crippen molar-refractivity contribution < 1.29 is 19.4 Å². The molecule has 1 aromatic carbocycles. The van der Waals surface area contributed by atoms with Crippen LogP contribution in [0.25, 0.3) is 0 Å². The molecule has 0 bridgehead atoms. The summed E-state index contributed by atoms with van der Waals surface area (Å²) in [6, 6.07) is 8.46. The number of benzene rings is 1. The third-order valence-electron chi connectivity index (χ3n) is 2.99. The largest absolute Gasteiger partial charge is 0.497 e. The summed E-state index contributed by atoms with van der Waals surface area (Å²) in [5.41, 5.74) is 1.30. The number of nitrogens with zero attached hydrogens (tertiary/aromatic N) is 1. The van der Waals surface area contributed by atoms with E-state index in [0.29, 0.717) is 28.7 Å². The van der Waals surface area contributed by atoms with Gasteiger partial charge in [-0.15, -0.1) is 0 Å². The minimum Gasteiger partial charge on any atom is -0.497 e. The van der Waals surface area contributed by atoms with Crippen molar-refractivity contribution in [1.82, 2.24) is 4.98 Å². The van der Waals surface area contributed by atoms with Crippen LogP contribution in [0.2, 0.25) is 0 Å². The second-order valence-electron chi connectivity index (χ2n) is 4.33. The zero-order chi connectivity index (χ0) is 15.4. The van der Waals surface area contributed by atoms with Crippen LogP contribution in [0.1, 0.15) is 16.1 Å². The Labute approximate surface area is 122 Å². The summed E-state index contributed by atoms with van der Waals surface area (Å²) in [5, 5.41) is 12.1. The molecular formula is C15H16N2O4. The van der Waals surface area contributed by atoms with Gasteiger partial charge in [0.15, 0.2) is 0 Å². The summed E-state index contributed by atoms with van der Waals surface area (Å²) in [5.74, 6) is 0.851. The molecule has 0 aliphatic carbocycles. The van der Waals surface area contributed by atoms with Crippen LogP contribution >= 0.6 is 0 Å². The molecule has 2 rings (SSSR count). The lowest BCUT2D eigenvalue weighted by atomic mass is 10.2. The number of nitrogens with one attached hydrogen (secondary N) is 1. The maximum atomic E-state index is 11.0. The van der Waals surface area contributed by atoms with E-state index in [2.05, 4.69) is 10.3 Å². The highest BCUT2D eigenvalue weighted by Crippen LogP contribution is 2.31. The van der Waals surface area contributed by atoms with E-state index in [1.54, 1.807) is 45.4 Å². The van der Waals surface area contributed by atoms with Crippen molar-refractivity contribution in [3.8, 4) is 11.5 Å². The molecule has 0 aliphatic rings. The van der Waals surface area contributed by atoms with Gasteiger partial charge in [0.1, 0.15) is 17.3 Å². The molecule has 0 spiro atoms. The van der Waals surface area contributed by atoms with Crippen LogP contribution in [0, 0.1) is 6.92 Å². The first-order valence-electron chi connectivity index (χ1n) is 6.25. The fourth-order valence-electron chi connectivity index (χ4n) is 1.91. The van der Waals surface area contributed by atoms with Gasteiger partial charge in [0, 0.05) is 6.07 Å². The molecule has 0 atom stereocenters. The summed E-state index contributed by atoms with van der Waals surface area (Å²) in [6.45, 7) is 1.65. The Morgan fingerprint density at radius 2 is 1.95 bits per heavy atom. The molecule has 110 valence electrons. The highest BCUT2D eigenvalue weighted by molar-refractivity contribution is 5.89. The molecule has 0 aliphatic heterocycles. The van der Waals surface area contributed by atoms with E-state index in [4.69, 9.17) is 14.6 Å². The van der Waals surface area contributed by atoms with Crippen LogP contribution in [-0.4, -0.2) is 30.3 Å². The first kappa shape index (κ1) is 14.6. The lowest BCUT2D eigenvalue weighted by Gasteiger charge is -2.13. The van der Waals surface area contributed by atoms with Crippen LogP contribution in [0.15, 0.2) is 30.3 Å². The van der Waals surface area contributed by atoms with Gasteiger partial charge in [-0.25, -0.2) is 9.78 Å². The number of hydrogen-bond acceptors (Lipinski definition) is 5. The topological polar surface area (TPSA) is 80.7 Å². The van der Waals surface area contributed by atoms with E-state index in [9.17, 15) is 4.79 Å². The van der Waals surface area contributed by atoms with E-state index in [-0.39, 0.29) is 5.56 Å². The van der Waals surface area contributed by atoms with Gasteiger partial charge in [0.05, 0.1) is 31.2 Å². The molecule has 6 nitrogen and oxygen atoms in total. The van der Waals surface area contributed by atoms with Gasteiger partial charge in [-0.2, -0.15) is 0 Å². The lowest BCUT2D eigenvalue weighted by Crippen LogP contribution is -2.04. The quantitative estimate of drug-likeness (QED) is 0.880. The third kappa shape index (κ3) is 3.22. The molecule has 21 heavy (non-hydrogen) atoms. The van der Waals surface area contributed by atoms with Gasteiger partial charge in [0.25, 0.3) is 0 Å². The van der Waals surface area contributed by atoms with Crippen LogP contribution in [-0.2, 0) is 0 Å². The van der Waals surface area contributed by atoms with Gasteiger partial charge >= 0.3 is 5.97 Å². The van der Waals surface area contributed by atoms with Crippen molar-refractivity contribution in [2.24, 2.45) is 0 Å². The predicted octanol–water partition coefficient (Wildman–Crippen LogP) is 2.85. The molecular weight excluding hydrogens is 272 g/mol. The van der Waals surface area contributed by atoms with Crippen molar-refractivity contribution in [3.63, 3.8) is 0 Å². The number of carbonyl (C=O) groups is 1. The number of carboxylic acids is 1. The zero-order valence-electron chi connectivity index (χ0n) is 12.0. The van der Waals surface area contributed by atoms with Gasteiger partial charge in [0.2, 0.25) is 0 Å². The maximum Gasteiger partial charge on any atom is 0.337 e. The summed E-state index contributed by atoms with van der Waals surface area (Å²) < 4.78 is 10.4. The number of pyridine rings is 1. The van der Waals surface area contributed by atoms with Crippen molar-refractivity contribution in [3.05, 3.63) is 41.6 Å². The molecule has 6 heteroatoms. The number of aromatic carboxylic acids is 1. The predicted molar refractivity (Wildman–Crippen MR) is 78.8 cm³/mol. The van der Waals surface area contributed by atoms with E-state index in [1.807, 2.05) is 0 Å². The van der Waals surface area contributed by atoms with E-state index in [1.165, 1.54) is 6.07 Å². The Morgan fingerprint density at radius 1 is 1.19 bits per heavy atom. The number of aryl methyl sites for hydroxylation is 1. The number of hydrogen-bond donors (Lipinski definition) is 2. The van der Waals surface area contributed by atoms with Gasteiger partial charge < -0.3 is 19.9 Å². The minimum absolute atomic E-state index is 0.179. The first-order valence-corrected chi connectivity index (χ1v) is 6.25. The Hall–Kier alpha value is -2.76. The van der Waals surface area contributed by atoms with Crippen molar-refractivity contribution in [1.29, 1.82) is 0 Å². The van der Waals surface area contributed by atoms with Crippen LogP contribution in [0.5, 0.6) is 11.5 Å². The monoisotopic (exact) mass is 288 g/mol. The molecule has 1 aromatic heterocycles. The third-order valence-corrected chi connectivity index (χ3v) is 2.99. The molecule has 0 radical (unpaired) electrons. The summed E-state index contributed by atoms with van der Waals surface area (Å²) >= 11 is 0. The molecule has 2 N–H and O–H groups in total. The lowest BCUT2D eigenvalue weighted by molar-refractivity contribution is 0.0695. The average Bonchev–Trinajstić information content (AvgIpc) is 2.46. The van der Waals surface area contributed by atoms with Crippen LogP contribution in [0.4, 0.5) is 11.5 Å². The fraction of sp³-hybridized carbons (Fsp3) is 0.200. The highest BCUT2D eigenvalue weighted by Gasteiger charge is 2.10. The van der Waals surface area contributed by atoms with Gasteiger partial charge in [-0.3, -0.25) is 0 Å². The number of aromatic nitrogens is 1. The molecule has 0 saturated heterocycles. The molecule has 0 fully saturated rings. The molecule has 1 heterocycles. The maximum absolute atomic E-state index is 11.0. The SMILES string of the molecule is COc1ccc(OC)c(Nc2ccc(C(=O)O)c(C)n2)c1. The average molecular weight is 288 g/mol. The molecule has 0 amide bonds. The van der Waals surface area contributed by atoms with Crippen molar-refractivity contribution >= 4 is 17.5 Å². The summed E-state index contributed by atoms with van der Waals surface area (Å²) in [4.78, 5) is 15.2. The minimum atomic E-state index is -0.995. The second-order valence-corrected chi connectivity index (χ2v) is 4.33. The molecule has 0 unspecified atom stereocenters.